The van der Waals surface area contributed by atoms with E-state index in [0.717, 1.165) is 32.1 Å². The van der Waals surface area contributed by atoms with Gasteiger partial charge in [0.05, 0.1) is 6.42 Å². The Morgan fingerprint density at radius 1 is 1.14 bits per heavy atom. The first-order chi connectivity index (χ1) is 16.8. The second-order valence-corrected chi connectivity index (χ2v) is 10.9. The summed E-state index contributed by atoms with van der Waals surface area (Å²) in [6, 6.07) is 0. The molecule has 2 aromatic rings. The molecule has 2 heterocycles. The predicted molar refractivity (Wildman–Crippen MR) is 129 cm³/mol. The smallest absolute Gasteiger partial charge is 0.330 e. The van der Waals surface area contributed by atoms with E-state index in [-0.39, 0.29) is 36.4 Å². The van der Waals surface area contributed by atoms with E-state index in [0.29, 0.717) is 35.8 Å². The minimum Gasteiger partial charge on any atom is -0.457 e. The van der Waals surface area contributed by atoms with Gasteiger partial charge in [0.25, 0.3) is 5.56 Å². The van der Waals surface area contributed by atoms with Gasteiger partial charge < -0.3 is 14.6 Å². The average Bonchev–Trinajstić information content (AvgIpc) is 3.13. The largest absolute Gasteiger partial charge is 0.457 e. The van der Waals surface area contributed by atoms with Crippen LogP contribution in [0.3, 0.4) is 0 Å². The maximum atomic E-state index is 13.0. The summed E-state index contributed by atoms with van der Waals surface area (Å²) in [6.07, 6.45) is 8.55. The van der Waals surface area contributed by atoms with Crippen molar-refractivity contribution in [2.24, 2.45) is 30.2 Å². The number of amides is 1. The van der Waals surface area contributed by atoms with E-state index >= 15 is 0 Å². The van der Waals surface area contributed by atoms with E-state index in [1.165, 1.54) is 23.8 Å². The van der Waals surface area contributed by atoms with Crippen LogP contribution < -0.4 is 16.6 Å². The van der Waals surface area contributed by atoms with Gasteiger partial charge in [-0.25, -0.2) is 9.78 Å². The quantitative estimate of drug-likeness (QED) is 0.523. The number of aromatic nitrogens is 4. The molecule has 0 saturated heterocycles. The molecule has 0 radical (unpaired) electrons. The Morgan fingerprint density at radius 2 is 1.80 bits per heavy atom. The second kappa shape index (κ2) is 9.28. The molecule has 35 heavy (non-hydrogen) atoms. The van der Waals surface area contributed by atoms with E-state index in [1.807, 2.05) is 6.92 Å². The van der Waals surface area contributed by atoms with Crippen LogP contribution in [0.1, 0.15) is 70.5 Å². The molecule has 10 nitrogen and oxygen atoms in total. The number of carbonyl (C=O) groups excluding carboxylic acids is 2. The number of nitrogens with zero attached hydrogens (tertiary/aromatic N) is 3. The lowest BCUT2D eigenvalue weighted by Crippen LogP contribution is -2.53. The highest BCUT2D eigenvalue weighted by Gasteiger charge is 2.54. The highest BCUT2D eigenvalue weighted by molar-refractivity contribution is 5.83. The van der Waals surface area contributed by atoms with Crippen LogP contribution in [0.2, 0.25) is 0 Å². The minimum atomic E-state index is -0.516. The van der Waals surface area contributed by atoms with E-state index in [2.05, 4.69) is 15.3 Å². The lowest BCUT2D eigenvalue weighted by atomic mass is 9.49. The number of hydrogen-bond acceptors (Lipinski definition) is 6. The summed E-state index contributed by atoms with van der Waals surface area (Å²) >= 11 is 0. The highest BCUT2D eigenvalue weighted by atomic mass is 16.5. The molecule has 4 aliphatic rings. The molecule has 0 spiro atoms. The van der Waals surface area contributed by atoms with Gasteiger partial charge in [-0.2, -0.15) is 0 Å². The number of imidazole rings is 1. The van der Waals surface area contributed by atoms with Gasteiger partial charge in [-0.05, 0) is 62.7 Å². The molecule has 2 N–H and O–H groups in total. The molecular weight excluding hydrogens is 450 g/mol. The van der Waals surface area contributed by atoms with Gasteiger partial charge in [-0.3, -0.25) is 23.9 Å². The number of esters is 1. The van der Waals surface area contributed by atoms with Crippen LogP contribution in [0.15, 0.2) is 9.59 Å². The third-order valence-corrected chi connectivity index (χ3v) is 8.34. The number of H-pyrrole nitrogens is 1. The fourth-order valence-corrected chi connectivity index (χ4v) is 7.02. The Kier molecular flexibility index (Phi) is 6.31. The Morgan fingerprint density at radius 3 is 2.43 bits per heavy atom. The van der Waals surface area contributed by atoms with Crippen molar-refractivity contribution in [3.8, 4) is 0 Å². The van der Waals surface area contributed by atoms with E-state index in [9.17, 15) is 19.2 Å². The summed E-state index contributed by atoms with van der Waals surface area (Å²) in [5.41, 5.74) is -0.671. The molecule has 0 unspecified atom stereocenters. The van der Waals surface area contributed by atoms with Gasteiger partial charge in [0.2, 0.25) is 5.91 Å². The van der Waals surface area contributed by atoms with Crippen molar-refractivity contribution >= 4 is 23.0 Å². The molecule has 4 bridgehead atoms. The molecule has 10 heteroatoms. The SMILES string of the molecule is CCCCn1c(=O)[nH]c(=O)c2c1nc(COC(=O)CCNC(=O)C13CC4CC(CC(C4)C1)C3)n2C. The summed E-state index contributed by atoms with van der Waals surface area (Å²) in [4.78, 5) is 56.8. The summed E-state index contributed by atoms with van der Waals surface area (Å²) in [7, 11) is 1.66. The van der Waals surface area contributed by atoms with Gasteiger partial charge in [0.15, 0.2) is 11.2 Å². The van der Waals surface area contributed by atoms with Gasteiger partial charge >= 0.3 is 11.7 Å². The lowest BCUT2D eigenvalue weighted by molar-refractivity contribution is -0.147. The first kappa shape index (κ1) is 23.8. The monoisotopic (exact) mass is 485 g/mol. The van der Waals surface area contributed by atoms with E-state index in [1.54, 1.807) is 11.6 Å². The normalized spacial score (nSPS) is 26.9. The van der Waals surface area contributed by atoms with Gasteiger partial charge in [-0.15, -0.1) is 0 Å². The minimum absolute atomic E-state index is 0.0733. The standard InChI is InChI=1S/C25H35N5O5/c1-3-4-7-30-21-20(22(32)28-24(30)34)29(2)18(27-21)14-35-19(31)5-6-26-23(33)25-11-15-8-16(12-25)10-17(9-15)13-25/h15-17H,3-14H2,1-2H3,(H,26,33)(H,28,32,34). The van der Waals surface area contributed by atoms with Crippen LogP contribution in [-0.2, 0) is 34.5 Å². The molecule has 0 aliphatic heterocycles. The maximum Gasteiger partial charge on any atom is 0.330 e. The number of fused-ring (bicyclic) bond motifs is 1. The van der Waals surface area contributed by atoms with Crippen LogP contribution in [0.5, 0.6) is 0 Å². The molecule has 4 aliphatic carbocycles. The number of nitrogens with one attached hydrogen (secondary N) is 2. The Bertz CT molecular complexity index is 1220. The number of carbonyl (C=O) groups is 2. The molecule has 2 aromatic heterocycles. The molecular formula is C25H35N5O5. The van der Waals surface area contributed by atoms with Crippen molar-refractivity contribution in [3.63, 3.8) is 0 Å². The van der Waals surface area contributed by atoms with Crippen molar-refractivity contribution in [3.05, 3.63) is 26.7 Å². The van der Waals surface area contributed by atoms with Crippen LogP contribution in [0.25, 0.3) is 11.2 Å². The Labute approximate surface area is 203 Å². The zero-order valence-corrected chi connectivity index (χ0v) is 20.6. The molecule has 0 aromatic carbocycles. The highest BCUT2D eigenvalue weighted by Crippen LogP contribution is 2.60. The average molecular weight is 486 g/mol. The number of hydrogen-bond donors (Lipinski definition) is 2. The first-order valence-corrected chi connectivity index (χ1v) is 12.9. The van der Waals surface area contributed by atoms with Crippen LogP contribution in [0, 0.1) is 23.2 Å². The van der Waals surface area contributed by atoms with Crippen LogP contribution >= 0.6 is 0 Å². The van der Waals surface area contributed by atoms with E-state index in [4.69, 9.17) is 4.74 Å². The molecule has 6 rings (SSSR count). The summed E-state index contributed by atoms with van der Waals surface area (Å²) in [5, 5.41) is 3.00. The summed E-state index contributed by atoms with van der Waals surface area (Å²) in [5.74, 6) is 2.11. The molecule has 1 amide bonds. The Balaban J connectivity index is 1.17. The van der Waals surface area contributed by atoms with Crippen molar-refractivity contribution in [2.45, 2.75) is 77.9 Å². The maximum absolute atomic E-state index is 13.0. The van der Waals surface area contributed by atoms with E-state index < -0.39 is 17.2 Å². The second-order valence-electron chi connectivity index (χ2n) is 10.9. The number of ether oxygens (including phenoxy) is 1. The van der Waals surface area contributed by atoms with Crippen molar-refractivity contribution in [1.82, 2.24) is 24.4 Å². The molecule has 4 fully saturated rings. The zero-order valence-electron chi connectivity index (χ0n) is 20.6. The van der Waals surface area contributed by atoms with Crippen LogP contribution in [-0.4, -0.2) is 37.5 Å². The summed E-state index contributed by atoms with van der Waals surface area (Å²) in [6.45, 7) is 2.59. The number of aryl methyl sites for hydroxylation is 2. The van der Waals surface area contributed by atoms with Crippen molar-refractivity contribution in [1.29, 1.82) is 0 Å². The zero-order chi connectivity index (χ0) is 24.7. The topological polar surface area (TPSA) is 128 Å². The third-order valence-electron chi connectivity index (χ3n) is 8.34. The molecule has 0 atom stereocenters. The number of unbranched alkanes of at least 4 members (excludes halogenated alkanes) is 1. The van der Waals surface area contributed by atoms with Gasteiger partial charge in [0.1, 0.15) is 12.4 Å². The number of aromatic amines is 1. The Hall–Kier alpha value is -2.91. The van der Waals surface area contributed by atoms with Crippen LogP contribution in [0.4, 0.5) is 0 Å². The number of rotatable bonds is 9. The van der Waals surface area contributed by atoms with Crippen molar-refractivity contribution < 1.29 is 14.3 Å². The fourth-order valence-electron chi connectivity index (χ4n) is 7.02. The molecule has 4 saturated carbocycles. The lowest BCUT2D eigenvalue weighted by Gasteiger charge is -2.55. The van der Waals surface area contributed by atoms with Gasteiger partial charge in [-0.1, -0.05) is 13.3 Å². The first-order valence-electron chi connectivity index (χ1n) is 12.9. The van der Waals surface area contributed by atoms with Crippen molar-refractivity contribution in [2.75, 3.05) is 6.54 Å². The third kappa shape index (κ3) is 4.43. The predicted octanol–water partition coefficient (Wildman–Crippen LogP) is 1.99. The van der Waals surface area contributed by atoms with Gasteiger partial charge in [0, 0.05) is 25.6 Å². The summed E-state index contributed by atoms with van der Waals surface area (Å²) < 4.78 is 8.39. The molecule has 190 valence electrons. The fraction of sp³-hybridized carbons (Fsp3) is 0.720.